The first-order valence-electron chi connectivity index (χ1n) is 6.76. The summed E-state index contributed by atoms with van der Waals surface area (Å²) in [6.45, 7) is 4.85. The van der Waals surface area contributed by atoms with Gasteiger partial charge in [0.15, 0.2) is 0 Å². The van der Waals surface area contributed by atoms with Crippen molar-refractivity contribution in [2.45, 2.75) is 44.1 Å². The minimum absolute atomic E-state index is 0.184. The normalized spacial score (nSPS) is 19.2. The van der Waals surface area contributed by atoms with E-state index in [4.69, 9.17) is 14.6 Å². The number of sulfonamides is 1. The summed E-state index contributed by atoms with van der Waals surface area (Å²) < 4.78 is 34.2. The third-order valence-electron chi connectivity index (χ3n) is 3.45. The lowest BCUT2D eigenvalue weighted by atomic mass is 10.1. The highest BCUT2D eigenvalue weighted by atomic mass is 32.2. The topological polar surface area (TPSA) is 78.6 Å². The summed E-state index contributed by atoms with van der Waals surface area (Å²) in [5.41, 5.74) is 1.22. The maximum atomic E-state index is 11.5. The van der Waals surface area contributed by atoms with Crippen molar-refractivity contribution < 1.29 is 17.9 Å². The van der Waals surface area contributed by atoms with Gasteiger partial charge in [0.2, 0.25) is 10.0 Å². The Morgan fingerprint density at radius 1 is 1.35 bits per heavy atom. The molecule has 1 aliphatic heterocycles. The van der Waals surface area contributed by atoms with Crippen LogP contribution in [0.1, 0.15) is 30.4 Å². The second kappa shape index (κ2) is 6.11. The van der Waals surface area contributed by atoms with E-state index in [1.165, 1.54) is 0 Å². The molecule has 1 aromatic carbocycles. The van der Waals surface area contributed by atoms with Crippen LogP contribution >= 0.6 is 0 Å². The molecule has 20 heavy (non-hydrogen) atoms. The third-order valence-corrected chi connectivity index (χ3v) is 4.66. The van der Waals surface area contributed by atoms with Gasteiger partial charge in [-0.25, -0.2) is 13.6 Å². The average molecular weight is 299 g/mol. The molecule has 1 saturated heterocycles. The molecule has 1 heterocycles. The van der Waals surface area contributed by atoms with Crippen LogP contribution in [0.2, 0.25) is 0 Å². The molecule has 112 valence electrons. The second-order valence-corrected chi connectivity index (χ2v) is 6.70. The van der Waals surface area contributed by atoms with E-state index in [1.54, 1.807) is 26.0 Å². The molecule has 1 atom stereocenters. The molecule has 0 radical (unpaired) electrons. The summed E-state index contributed by atoms with van der Waals surface area (Å²) in [6, 6.07) is 3.42. The van der Waals surface area contributed by atoms with Crippen LogP contribution in [-0.2, 0) is 14.8 Å². The number of primary sulfonamides is 1. The SMILES string of the molecule is Cc1cc(OCCC2CCCO2)cc(C)c1S(N)(=O)=O. The second-order valence-electron chi connectivity index (χ2n) is 5.20. The number of benzene rings is 1. The number of hydrogen-bond donors (Lipinski definition) is 1. The molecule has 0 saturated carbocycles. The van der Waals surface area contributed by atoms with Gasteiger partial charge in [-0.3, -0.25) is 0 Å². The molecule has 5 nitrogen and oxygen atoms in total. The third kappa shape index (κ3) is 3.71. The number of hydrogen-bond acceptors (Lipinski definition) is 4. The van der Waals surface area contributed by atoms with Gasteiger partial charge in [-0.15, -0.1) is 0 Å². The molecule has 1 aliphatic rings. The molecule has 0 bridgehead atoms. The fourth-order valence-corrected chi connectivity index (χ4v) is 3.64. The molecule has 6 heteroatoms. The molecule has 2 rings (SSSR count). The highest BCUT2D eigenvalue weighted by molar-refractivity contribution is 7.89. The molecule has 0 aliphatic carbocycles. The van der Waals surface area contributed by atoms with Gasteiger partial charge in [-0.05, 0) is 49.9 Å². The molecule has 1 fully saturated rings. The highest BCUT2D eigenvalue weighted by Gasteiger charge is 2.17. The molecular formula is C14H21NO4S. The van der Waals surface area contributed by atoms with Crippen LogP contribution in [0.15, 0.2) is 17.0 Å². The van der Waals surface area contributed by atoms with Crippen molar-refractivity contribution in [1.29, 1.82) is 0 Å². The zero-order valence-electron chi connectivity index (χ0n) is 11.9. The van der Waals surface area contributed by atoms with Crippen molar-refractivity contribution >= 4 is 10.0 Å². The Kier molecular flexibility index (Phi) is 4.67. The number of nitrogens with two attached hydrogens (primary N) is 1. The maximum Gasteiger partial charge on any atom is 0.238 e. The molecular weight excluding hydrogens is 278 g/mol. The number of rotatable bonds is 5. The Bertz CT molecular complexity index is 554. The van der Waals surface area contributed by atoms with Crippen LogP contribution in [-0.4, -0.2) is 27.7 Å². The monoisotopic (exact) mass is 299 g/mol. The Hall–Kier alpha value is -1.11. The van der Waals surface area contributed by atoms with Crippen LogP contribution in [0.3, 0.4) is 0 Å². The number of aryl methyl sites for hydroxylation is 2. The summed E-state index contributed by atoms with van der Waals surface area (Å²) >= 11 is 0. The summed E-state index contributed by atoms with van der Waals surface area (Å²) in [5.74, 6) is 0.672. The number of ether oxygens (including phenoxy) is 2. The fourth-order valence-electron chi connectivity index (χ4n) is 2.62. The van der Waals surface area contributed by atoms with Crippen LogP contribution < -0.4 is 9.88 Å². The zero-order chi connectivity index (χ0) is 14.8. The van der Waals surface area contributed by atoms with E-state index in [0.717, 1.165) is 25.9 Å². The Morgan fingerprint density at radius 3 is 2.50 bits per heavy atom. The first-order chi connectivity index (χ1) is 9.38. The van der Waals surface area contributed by atoms with Gasteiger partial charge in [-0.1, -0.05) is 0 Å². The quantitative estimate of drug-likeness (QED) is 0.900. The lowest BCUT2D eigenvalue weighted by Crippen LogP contribution is -2.16. The van der Waals surface area contributed by atoms with E-state index in [9.17, 15) is 8.42 Å². The van der Waals surface area contributed by atoms with E-state index >= 15 is 0 Å². The standard InChI is InChI=1S/C14H21NO4S/c1-10-8-13(9-11(2)14(10)20(15,16)17)19-7-5-12-4-3-6-18-12/h8-9,12H,3-7H2,1-2H3,(H2,15,16,17). The molecule has 2 N–H and O–H groups in total. The van der Waals surface area contributed by atoms with Gasteiger partial charge in [-0.2, -0.15) is 0 Å². The smallest absolute Gasteiger partial charge is 0.238 e. The highest BCUT2D eigenvalue weighted by Crippen LogP contribution is 2.25. The van der Waals surface area contributed by atoms with E-state index < -0.39 is 10.0 Å². The largest absolute Gasteiger partial charge is 0.493 e. The van der Waals surface area contributed by atoms with Crippen molar-refractivity contribution in [3.8, 4) is 5.75 Å². The van der Waals surface area contributed by atoms with Gasteiger partial charge in [0.1, 0.15) is 5.75 Å². The summed E-state index contributed by atoms with van der Waals surface area (Å²) in [7, 11) is -3.69. The molecule has 0 amide bonds. The Morgan fingerprint density at radius 2 is 2.00 bits per heavy atom. The molecule has 0 spiro atoms. The average Bonchev–Trinajstić information content (AvgIpc) is 2.79. The lowest BCUT2D eigenvalue weighted by Gasteiger charge is -2.13. The summed E-state index contributed by atoms with van der Waals surface area (Å²) in [6.07, 6.45) is 3.35. The Labute approximate surface area is 120 Å². The summed E-state index contributed by atoms with van der Waals surface area (Å²) in [5, 5.41) is 5.21. The van der Waals surface area contributed by atoms with Gasteiger partial charge < -0.3 is 9.47 Å². The zero-order valence-corrected chi connectivity index (χ0v) is 12.7. The van der Waals surface area contributed by atoms with Crippen LogP contribution in [0, 0.1) is 13.8 Å². The van der Waals surface area contributed by atoms with Crippen molar-refractivity contribution in [3.63, 3.8) is 0 Å². The summed E-state index contributed by atoms with van der Waals surface area (Å²) in [4.78, 5) is 0.184. The first-order valence-corrected chi connectivity index (χ1v) is 8.31. The van der Waals surface area contributed by atoms with E-state index in [2.05, 4.69) is 0 Å². The fraction of sp³-hybridized carbons (Fsp3) is 0.571. The van der Waals surface area contributed by atoms with Gasteiger partial charge in [0.25, 0.3) is 0 Å². The lowest BCUT2D eigenvalue weighted by molar-refractivity contribution is 0.0903. The van der Waals surface area contributed by atoms with Crippen LogP contribution in [0.25, 0.3) is 0 Å². The molecule has 1 aromatic rings. The Balaban J connectivity index is 2.02. The first kappa shape index (κ1) is 15.3. The van der Waals surface area contributed by atoms with Gasteiger partial charge in [0.05, 0.1) is 17.6 Å². The maximum absolute atomic E-state index is 11.5. The van der Waals surface area contributed by atoms with E-state index in [0.29, 0.717) is 29.6 Å². The van der Waals surface area contributed by atoms with E-state index in [1.807, 2.05) is 0 Å². The molecule has 1 unspecified atom stereocenters. The van der Waals surface area contributed by atoms with Crippen molar-refractivity contribution in [2.75, 3.05) is 13.2 Å². The van der Waals surface area contributed by atoms with Gasteiger partial charge >= 0.3 is 0 Å². The van der Waals surface area contributed by atoms with Crippen molar-refractivity contribution in [3.05, 3.63) is 23.3 Å². The minimum Gasteiger partial charge on any atom is -0.493 e. The van der Waals surface area contributed by atoms with Crippen molar-refractivity contribution in [1.82, 2.24) is 0 Å². The predicted molar refractivity (Wildman–Crippen MR) is 76.4 cm³/mol. The van der Waals surface area contributed by atoms with Crippen molar-refractivity contribution in [2.24, 2.45) is 5.14 Å². The van der Waals surface area contributed by atoms with Gasteiger partial charge in [0, 0.05) is 13.0 Å². The predicted octanol–water partition coefficient (Wildman–Crippen LogP) is 1.90. The molecule has 0 aromatic heterocycles. The van der Waals surface area contributed by atoms with E-state index in [-0.39, 0.29) is 4.90 Å². The minimum atomic E-state index is -3.69. The van der Waals surface area contributed by atoms with Crippen LogP contribution in [0.5, 0.6) is 5.75 Å². The van der Waals surface area contributed by atoms with Crippen LogP contribution in [0.4, 0.5) is 0 Å².